The van der Waals surface area contributed by atoms with E-state index in [9.17, 15) is 17.1 Å². The van der Waals surface area contributed by atoms with E-state index in [0.29, 0.717) is 93.9 Å². The van der Waals surface area contributed by atoms with E-state index < -0.39 is 18.4 Å². The van der Waals surface area contributed by atoms with Gasteiger partial charge in [-0.15, -0.1) is 0 Å². The van der Waals surface area contributed by atoms with Gasteiger partial charge in [0.2, 0.25) is 0 Å². The third kappa shape index (κ3) is 7.42. The van der Waals surface area contributed by atoms with Crippen molar-refractivity contribution in [3.8, 4) is 22.5 Å². The van der Waals surface area contributed by atoms with Crippen LogP contribution in [0.25, 0.3) is 33.4 Å². The number of aromatic amines is 1. The smallest absolute Gasteiger partial charge is 0.410 e. The van der Waals surface area contributed by atoms with E-state index in [4.69, 9.17) is 49.3 Å². The lowest BCUT2D eigenvalue weighted by molar-refractivity contribution is 0.0499. The molecule has 4 heterocycles. The van der Waals surface area contributed by atoms with Crippen LogP contribution >= 0.6 is 34.8 Å². The number of nitrogens with one attached hydrogen (secondary N) is 2. The number of aromatic nitrogens is 3. The van der Waals surface area contributed by atoms with Crippen molar-refractivity contribution in [2.45, 2.75) is 31.8 Å². The third-order valence-corrected chi connectivity index (χ3v) is 10.9. The molecule has 0 unspecified atom stereocenters. The first-order chi connectivity index (χ1) is 27.9. The summed E-state index contributed by atoms with van der Waals surface area (Å²) < 4.78 is 30.7. The number of rotatable bonds is 9. The van der Waals surface area contributed by atoms with Gasteiger partial charge in [0.05, 0.1) is 57.6 Å². The van der Waals surface area contributed by atoms with Gasteiger partial charge in [-0.3, -0.25) is 4.79 Å². The summed E-state index contributed by atoms with van der Waals surface area (Å²) in [6.07, 6.45) is 3.24. The number of piperidine rings is 1. The number of H-pyrrole nitrogens is 1. The lowest BCUT2D eigenvalue weighted by atomic mass is 10.0. The van der Waals surface area contributed by atoms with E-state index >= 15 is 0 Å². The first-order valence-corrected chi connectivity index (χ1v) is 19.2. The highest BCUT2D eigenvalue weighted by molar-refractivity contribution is 6.35. The molecule has 2 N–H and O–H groups in total. The number of esters is 1. The highest BCUT2D eigenvalue weighted by Gasteiger charge is 2.32. The quantitative estimate of drug-likeness (QED) is 0.140. The molecule has 2 aliphatic rings. The molecule has 2 fully saturated rings. The van der Waals surface area contributed by atoms with Crippen LogP contribution in [-0.4, -0.2) is 76.8 Å². The van der Waals surface area contributed by atoms with Gasteiger partial charge < -0.3 is 34.1 Å². The van der Waals surface area contributed by atoms with Crippen LogP contribution in [0.2, 0.25) is 15.1 Å². The molecule has 0 bridgehead atoms. The molecule has 0 atom stereocenters. The van der Waals surface area contributed by atoms with Crippen molar-refractivity contribution in [1.29, 1.82) is 0 Å². The Balaban J connectivity index is 1.24. The normalized spacial score (nSPS) is 15.7. The minimum absolute atomic E-state index is 0.0183. The van der Waals surface area contributed by atoms with Gasteiger partial charge in [0, 0.05) is 62.8 Å². The van der Waals surface area contributed by atoms with Crippen LogP contribution in [0.5, 0.6) is 0 Å². The van der Waals surface area contributed by atoms with E-state index in [2.05, 4.69) is 15.2 Å². The van der Waals surface area contributed by atoms with Crippen LogP contribution in [0.1, 0.15) is 48.4 Å². The molecule has 56 heavy (non-hydrogen) atoms. The van der Waals surface area contributed by atoms with Crippen molar-refractivity contribution >= 4 is 75.1 Å². The first kappa shape index (κ1) is 35.0. The highest BCUT2D eigenvalue weighted by Crippen LogP contribution is 2.41. The molecule has 8 rings (SSSR count). The Hall–Kier alpha value is -5.49. The van der Waals surface area contributed by atoms with Gasteiger partial charge >= 0.3 is 12.1 Å². The maximum atomic E-state index is 14.9. The number of hydrogen-bond donors (Lipinski definition) is 2. The maximum absolute atomic E-state index is 14.9. The van der Waals surface area contributed by atoms with Crippen molar-refractivity contribution in [2.75, 3.05) is 43.6 Å². The minimum atomic E-state index is -2.29. The zero-order chi connectivity index (χ0) is 40.7. The van der Waals surface area contributed by atoms with Crippen molar-refractivity contribution < 1.29 is 26.6 Å². The number of anilines is 2. The number of ether oxygens (including phenoxy) is 2. The number of halogens is 3. The van der Waals surface area contributed by atoms with Gasteiger partial charge in [-0.2, -0.15) is 0 Å². The number of imidazole rings is 1. The van der Waals surface area contributed by atoms with E-state index in [1.165, 1.54) is 30.1 Å². The van der Waals surface area contributed by atoms with Crippen LogP contribution in [0.15, 0.2) is 91.3 Å². The van der Waals surface area contributed by atoms with E-state index in [-0.39, 0.29) is 34.0 Å². The molecule has 286 valence electrons. The SMILES string of the molecule is [2H]C([2H])(c1ccc(Cl)cc1Cl)n1cnc(-c2ccccc2)c1-c1c(C(=O)Nc2cc(C(=O)OC)ccc2N2CCC(N3CCCOC3=O)CC2)[nH]c2cc(Cl)ccc12. The summed E-state index contributed by atoms with van der Waals surface area (Å²) in [4.78, 5) is 52.1. The Bertz CT molecular complexity index is 2560. The molecular weight excluding hydrogens is 775 g/mol. The van der Waals surface area contributed by atoms with E-state index in [0.717, 1.165) is 6.42 Å². The monoisotopic (exact) mass is 812 g/mol. The van der Waals surface area contributed by atoms with Gasteiger partial charge in [0.15, 0.2) is 0 Å². The fourth-order valence-corrected chi connectivity index (χ4v) is 8.06. The number of benzene rings is 4. The number of carbonyl (C=O) groups excluding carboxylic acids is 3. The number of methoxy groups -OCH3 is 1. The number of fused-ring (bicyclic) bond motifs is 1. The second kappa shape index (κ2) is 15.9. The standard InChI is InChI=1S/C42H37Cl3N6O5/c1-55-41(53)26-9-13-35(49-17-14-30(15-18-49)51-16-5-19-56-42(51)54)34(20-26)48-40(52)38-36(31-12-11-29(44)22-33(31)47-38)39-37(25-6-3-2-4-7-25)46-24-50(39)23-27-8-10-28(43)21-32(27)45/h2-4,6-13,20-22,24,30,47H,5,14-19,23H2,1H3,(H,48,52)/i23D2. The van der Waals surface area contributed by atoms with Gasteiger partial charge in [-0.25, -0.2) is 14.6 Å². The molecule has 0 radical (unpaired) electrons. The molecule has 14 heteroatoms. The average molecular weight is 814 g/mol. The summed E-state index contributed by atoms with van der Waals surface area (Å²) in [5.74, 6) is -1.15. The lowest BCUT2D eigenvalue weighted by Gasteiger charge is -2.40. The zero-order valence-electron chi connectivity index (χ0n) is 32.2. The van der Waals surface area contributed by atoms with Crippen molar-refractivity contribution in [3.05, 3.63) is 123 Å². The Labute approximate surface area is 340 Å². The molecular formula is C42H37Cl3N6O5. The predicted molar refractivity (Wildman–Crippen MR) is 219 cm³/mol. The number of nitrogens with zero attached hydrogens (tertiary/aromatic N) is 4. The summed E-state index contributed by atoms with van der Waals surface area (Å²) in [5, 5.41) is 4.52. The fraction of sp³-hybridized carbons (Fsp3) is 0.238. The Kier molecular flexibility index (Phi) is 9.95. The molecule has 0 saturated carbocycles. The molecule has 2 saturated heterocycles. The average Bonchev–Trinajstić information content (AvgIpc) is 3.83. The van der Waals surface area contributed by atoms with Crippen LogP contribution in [0, 0.1) is 0 Å². The first-order valence-electron chi connectivity index (χ1n) is 19.1. The number of cyclic esters (lactones) is 1. The van der Waals surface area contributed by atoms with Crippen LogP contribution in [0.4, 0.5) is 16.2 Å². The highest BCUT2D eigenvalue weighted by atomic mass is 35.5. The molecule has 11 nitrogen and oxygen atoms in total. The molecule has 2 amide bonds. The Morgan fingerprint density at radius 2 is 1.75 bits per heavy atom. The predicted octanol–water partition coefficient (Wildman–Crippen LogP) is 9.56. The van der Waals surface area contributed by atoms with Crippen LogP contribution in [0.3, 0.4) is 0 Å². The molecule has 4 aromatic carbocycles. The van der Waals surface area contributed by atoms with Crippen molar-refractivity contribution in [1.82, 2.24) is 19.4 Å². The van der Waals surface area contributed by atoms with Gasteiger partial charge in [-0.05, 0) is 67.3 Å². The second-order valence-electron chi connectivity index (χ2n) is 13.5. The molecule has 2 aliphatic heterocycles. The summed E-state index contributed by atoms with van der Waals surface area (Å²) in [5.41, 5.74) is 3.74. The third-order valence-electron chi connectivity index (χ3n) is 10.1. The van der Waals surface area contributed by atoms with Crippen LogP contribution in [-0.2, 0) is 16.0 Å². The minimum Gasteiger partial charge on any atom is -0.465 e. The molecule has 2 aromatic heterocycles. The summed E-state index contributed by atoms with van der Waals surface area (Å²) in [6.45, 7) is -0.0652. The van der Waals surface area contributed by atoms with Gasteiger partial charge in [0.1, 0.15) is 5.69 Å². The Morgan fingerprint density at radius 3 is 2.50 bits per heavy atom. The number of amides is 2. The maximum Gasteiger partial charge on any atom is 0.410 e. The second-order valence-corrected chi connectivity index (χ2v) is 14.8. The van der Waals surface area contributed by atoms with E-state index in [1.54, 1.807) is 47.4 Å². The van der Waals surface area contributed by atoms with Gasteiger partial charge in [-0.1, -0.05) is 77.3 Å². The summed E-state index contributed by atoms with van der Waals surface area (Å²) in [6, 6.07) is 24.0. The van der Waals surface area contributed by atoms with Crippen LogP contribution < -0.4 is 10.2 Å². The van der Waals surface area contributed by atoms with E-state index in [1.807, 2.05) is 30.3 Å². The fourth-order valence-electron chi connectivity index (χ4n) is 7.44. The summed E-state index contributed by atoms with van der Waals surface area (Å²) in [7, 11) is 1.29. The largest absolute Gasteiger partial charge is 0.465 e. The lowest BCUT2D eigenvalue weighted by Crippen LogP contribution is -2.50. The number of hydrogen-bond acceptors (Lipinski definition) is 7. The zero-order valence-corrected chi connectivity index (χ0v) is 32.4. The molecule has 0 spiro atoms. The topological polar surface area (TPSA) is 122 Å². The Morgan fingerprint density at radius 1 is 0.982 bits per heavy atom. The van der Waals surface area contributed by atoms with Crippen molar-refractivity contribution in [3.63, 3.8) is 0 Å². The molecule has 0 aliphatic carbocycles. The number of carbonyl (C=O) groups is 3. The summed E-state index contributed by atoms with van der Waals surface area (Å²) >= 11 is 19.3. The molecule has 6 aromatic rings. The van der Waals surface area contributed by atoms with Crippen molar-refractivity contribution in [2.24, 2.45) is 0 Å². The van der Waals surface area contributed by atoms with Gasteiger partial charge in [0.25, 0.3) is 5.91 Å².